The highest BCUT2D eigenvalue weighted by Crippen LogP contribution is 2.22. The first-order valence-corrected chi connectivity index (χ1v) is 7.76. The van der Waals surface area contributed by atoms with Crippen molar-refractivity contribution in [3.63, 3.8) is 0 Å². The summed E-state index contributed by atoms with van der Waals surface area (Å²) in [5.74, 6) is 0.770. The molecule has 126 valence electrons. The number of hydrogen-bond acceptors (Lipinski definition) is 4. The molecule has 0 spiro atoms. The second kappa shape index (κ2) is 7.39. The second-order valence-corrected chi connectivity index (χ2v) is 5.53. The molecule has 3 rings (SSSR count). The standard InChI is InChI=1S/C18H18N6O/c1-23-11-12-24(2)18(23)22-21-17-9-7-16(8-10-17)20-15-5-3-14(4-6-15)19-13-25/h3-13H,1-2H3,(H,19,21,25)/p+1. The zero-order valence-corrected chi connectivity index (χ0v) is 14.0. The van der Waals surface area contributed by atoms with Crippen LogP contribution in [0.25, 0.3) is 0 Å². The topological polar surface area (TPSA) is 74.7 Å². The van der Waals surface area contributed by atoms with Gasteiger partial charge in [-0.1, -0.05) is 5.11 Å². The summed E-state index contributed by atoms with van der Waals surface area (Å²) in [4.78, 5) is 10.4. The minimum atomic E-state index is 0.658. The molecule has 0 unspecified atom stereocenters. The maximum atomic E-state index is 10.4. The number of aromatic nitrogens is 2. The normalized spacial score (nSPS) is 10.8. The molecule has 0 atom stereocenters. The van der Waals surface area contributed by atoms with Gasteiger partial charge >= 0.3 is 5.95 Å². The van der Waals surface area contributed by atoms with Crippen LogP contribution in [0.15, 0.2) is 71.2 Å². The van der Waals surface area contributed by atoms with E-state index < -0.39 is 0 Å². The van der Waals surface area contributed by atoms with Crippen molar-refractivity contribution < 1.29 is 9.36 Å². The van der Waals surface area contributed by atoms with Gasteiger partial charge in [0.05, 0.1) is 26.5 Å². The number of nitrogens with zero attached hydrogens (tertiary/aromatic N) is 4. The van der Waals surface area contributed by atoms with Crippen molar-refractivity contribution in [1.82, 2.24) is 4.57 Å². The summed E-state index contributed by atoms with van der Waals surface area (Å²) in [7, 11) is 3.86. The van der Waals surface area contributed by atoms with Crippen LogP contribution in [0, 0.1) is 0 Å². The lowest BCUT2D eigenvalue weighted by Gasteiger charge is -2.07. The van der Waals surface area contributed by atoms with E-state index in [1.807, 2.05) is 84.2 Å². The molecule has 0 saturated carbocycles. The van der Waals surface area contributed by atoms with Crippen molar-refractivity contribution in [1.29, 1.82) is 0 Å². The highest BCUT2D eigenvalue weighted by Gasteiger charge is 2.10. The van der Waals surface area contributed by atoms with Crippen LogP contribution in [0.3, 0.4) is 0 Å². The lowest BCUT2D eigenvalue weighted by molar-refractivity contribution is -0.657. The van der Waals surface area contributed by atoms with Gasteiger partial charge in [0, 0.05) is 22.2 Å². The van der Waals surface area contributed by atoms with Gasteiger partial charge in [-0.05, 0) is 48.5 Å². The van der Waals surface area contributed by atoms with Gasteiger partial charge in [-0.3, -0.25) is 4.79 Å². The average Bonchev–Trinajstić information content (AvgIpc) is 2.94. The molecule has 25 heavy (non-hydrogen) atoms. The van der Waals surface area contributed by atoms with Gasteiger partial charge in [0.2, 0.25) is 6.41 Å². The summed E-state index contributed by atoms with van der Waals surface area (Å²) in [5.41, 5.74) is 3.41. The molecule has 0 fully saturated rings. The molecule has 0 aliphatic heterocycles. The van der Waals surface area contributed by atoms with Crippen molar-refractivity contribution in [3.05, 3.63) is 60.9 Å². The van der Waals surface area contributed by atoms with Gasteiger partial charge in [0.25, 0.3) is 0 Å². The molecule has 0 aliphatic rings. The Hall–Kier alpha value is -3.48. The molecule has 1 aromatic heterocycles. The predicted octanol–water partition coefficient (Wildman–Crippen LogP) is 3.58. The van der Waals surface area contributed by atoms with Crippen LogP contribution < -0.4 is 15.2 Å². The Morgan fingerprint density at radius 2 is 1.56 bits per heavy atom. The lowest BCUT2D eigenvalue weighted by Crippen LogP contribution is -2.25. The van der Waals surface area contributed by atoms with Gasteiger partial charge in [0.15, 0.2) is 0 Å². The van der Waals surface area contributed by atoms with Crippen LogP contribution in [-0.4, -0.2) is 11.0 Å². The number of nitrogens with one attached hydrogen (secondary N) is 2. The van der Waals surface area contributed by atoms with Gasteiger partial charge < -0.3 is 10.6 Å². The molecule has 0 bridgehead atoms. The number of hydrogen-bond donors (Lipinski definition) is 2. The van der Waals surface area contributed by atoms with E-state index in [1.54, 1.807) is 0 Å². The van der Waals surface area contributed by atoms with Crippen molar-refractivity contribution in [2.75, 3.05) is 10.6 Å². The molecule has 7 nitrogen and oxygen atoms in total. The summed E-state index contributed by atoms with van der Waals surface area (Å²) < 4.78 is 3.81. The first-order valence-electron chi connectivity index (χ1n) is 7.76. The second-order valence-electron chi connectivity index (χ2n) is 5.53. The summed E-state index contributed by atoms with van der Waals surface area (Å²) in [6.07, 6.45) is 4.51. The Morgan fingerprint density at radius 3 is 2.12 bits per heavy atom. The smallest absolute Gasteiger partial charge is 0.356 e. The number of azo groups is 1. The zero-order chi connectivity index (χ0) is 17.6. The van der Waals surface area contributed by atoms with Crippen molar-refractivity contribution in [2.24, 2.45) is 24.3 Å². The van der Waals surface area contributed by atoms with Gasteiger partial charge in [0.1, 0.15) is 5.69 Å². The third kappa shape index (κ3) is 4.08. The quantitative estimate of drug-likeness (QED) is 0.410. The van der Waals surface area contributed by atoms with Gasteiger partial charge in [-0.2, -0.15) is 0 Å². The van der Waals surface area contributed by atoms with E-state index in [0.717, 1.165) is 28.7 Å². The first kappa shape index (κ1) is 16.4. The largest absolute Gasteiger partial charge is 0.421 e. The molecule has 2 N–H and O–H groups in total. The highest BCUT2D eigenvalue weighted by atomic mass is 16.1. The molecular formula is C18H19N6O+. The molecule has 7 heteroatoms. The van der Waals surface area contributed by atoms with E-state index in [4.69, 9.17) is 0 Å². The fourth-order valence-electron chi connectivity index (χ4n) is 2.32. The molecule has 1 heterocycles. The van der Waals surface area contributed by atoms with Crippen LogP contribution in [0.4, 0.5) is 28.7 Å². The third-order valence-corrected chi connectivity index (χ3v) is 3.67. The maximum Gasteiger partial charge on any atom is 0.421 e. The Bertz CT molecular complexity index is 861. The molecule has 2 aromatic carbocycles. The van der Waals surface area contributed by atoms with E-state index in [9.17, 15) is 4.79 Å². The van der Waals surface area contributed by atoms with E-state index >= 15 is 0 Å². The van der Waals surface area contributed by atoms with Crippen LogP contribution in [0.1, 0.15) is 0 Å². The lowest BCUT2D eigenvalue weighted by atomic mass is 10.2. The fourth-order valence-corrected chi connectivity index (χ4v) is 2.32. The number of carbonyl (C=O) groups excluding carboxylic acids is 1. The Labute approximate surface area is 145 Å². The monoisotopic (exact) mass is 335 g/mol. The molecule has 1 amide bonds. The number of benzene rings is 2. The molecular weight excluding hydrogens is 316 g/mol. The summed E-state index contributed by atoms with van der Waals surface area (Å²) in [6, 6.07) is 15.1. The number of carbonyl (C=O) groups is 1. The van der Waals surface area contributed by atoms with E-state index in [1.165, 1.54) is 0 Å². The molecule has 0 aliphatic carbocycles. The number of amides is 1. The van der Waals surface area contributed by atoms with E-state index in [2.05, 4.69) is 20.9 Å². The maximum absolute atomic E-state index is 10.4. The molecule has 0 radical (unpaired) electrons. The summed E-state index contributed by atoms with van der Waals surface area (Å²) in [6.45, 7) is 0. The Balaban J connectivity index is 1.66. The number of rotatable bonds is 6. The van der Waals surface area contributed by atoms with Gasteiger partial charge in [-0.15, -0.1) is 0 Å². The third-order valence-electron chi connectivity index (χ3n) is 3.67. The van der Waals surface area contributed by atoms with Crippen LogP contribution >= 0.6 is 0 Å². The van der Waals surface area contributed by atoms with Crippen molar-refractivity contribution in [3.8, 4) is 0 Å². The van der Waals surface area contributed by atoms with Gasteiger partial charge in [-0.25, -0.2) is 9.13 Å². The molecule has 0 saturated heterocycles. The van der Waals surface area contributed by atoms with Crippen molar-refractivity contribution in [2.45, 2.75) is 0 Å². The first-order chi connectivity index (χ1) is 12.2. The average molecular weight is 335 g/mol. The minimum absolute atomic E-state index is 0.658. The van der Waals surface area contributed by atoms with Crippen LogP contribution in [0.5, 0.6) is 0 Å². The fraction of sp³-hybridized carbons (Fsp3) is 0.111. The Morgan fingerprint density at radius 1 is 0.960 bits per heavy atom. The van der Waals surface area contributed by atoms with Crippen molar-refractivity contribution >= 4 is 35.1 Å². The number of anilines is 3. The zero-order valence-electron chi connectivity index (χ0n) is 14.0. The highest BCUT2D eigenvalue weighted by molar-refractivity contribution is 5.73. The Kier molecular flexibility index (Phi) is 4.84. The predicted molar refractivity (Wildman–Crippen MR) is 96.6 cm³/mol. The van der Waals surface area contributed by atoms with Crippen LogP contribution in [-0.2, 0) is 18.9 Å². The van der Waals surface area contributed by atoms with Crippen LogP contribution in [0.2, 0.25) is 0 Å². The SMILES string of the molecule is Cn1cc[n+](C)c1/N=N/c1ccc(Nc2ccc(NC=O)cc2)cc1. The summed E-state index contributed by atoms with van der Waals surface area (Å²) >= 11 is 0. The van der Waals surface area contributed by atoms with E-state index in [-0.39, 0.29) is 0 Å². The number of imidazole rings is 1. The van der Waals surface area contributed by atoms with E-state index in [0.29, 0.717) is 6.41 Å². The summed E-state index contributed by atoms with van der Waals surface area (Å²) in [5, 5.41) is 14.4. The number of aryl methyl sites for hydroxylation is 2. The molecule has 3 aromatic rings. The minimum Gasteiger partial charge on any atom is -0.356 e.